The summed E-state index contributed by atoms with van der Waals surface area (Å²) in [4.78, 5) is 15.1. The van der Waals surface area contributed by atoms with Gasteiger partial charge in [0, 0.05) is 24.2 Å². The maximum atomic E-state index is 12.6. The van der Waals surface area contributed by atoms with Crippen molar-refractivity contribution < 1.29 is 19.4 Å². The van der Waals surface area contributed by atoms with E-state index in [1.165, 1.54) is 0 Å². The Labute approximate surface area is 171 Å². The van der Waals surface area contributed by atoms with E-state index >= 15 is 0 Å². The molecule has 2 heterocycles. The summed E-state index contributed by atoms with van der Waals surface area (Å²) in [5.74, 6) is 2.22. The molecular weight excluding hydrogens is 380 g/mol. The number of likely N-dealkylation sites (tertiary alicyclic amines) is 1. The van der Waals surface area contributed by atoms with Gasteiger partial charge < -0.3 is 24.8 Å². The zero-order valence-corrected chi connectivity index (χ0v) is 17.1. The Kier molecular flexibility index (Phi) is 5.99. The van der Waals surface area contributed by atoms with Gasteiger partial charge in [-0.25, -0.2) is 0 Å². The van der Waals surface area contributed by atoms with Gasteiger partial charge in [-0.1, -0.05) is 18.5 Å². The summed E-state index contributed by atoms with van der Waals surface area (Å²) in [6, 6.07) is 3.30. The minimum absolute atomic E-state index is 0.121. The van der Waals surface area contributed by atoms with Crippen LogP contribution in [0.1, 0.15) is 31.7 Å². The summed E-state index contributed by atoms with van der Waals surface area (Å²) < 4.78 is 11.1. The second kappa shape index (κ2) is 8.47. The summed E-state index contributed by atoms with van der Waals surface area (Å²) in [6.07, 6.45) is 2.43. The first kappa shape index (κ1) is 19.8. The number of benzene rings is 1. The molecular formula is C21H29ClN2O4. The number of rotatable bonds is 5. The van der Waals surface area contributed by atoms with E-state index in [1.807, 2.05) is 0 Å². The van der Waals surface area contributed by atoms with E-state index in [-0.39, 0.29) is 18.4 Å². The van der Waals surface area contributed by atoms with Crippen LogP contribution in [0, 0.1) is 11.8 Å². The molecule has 1 aliphatic carbocycles. The highest BCUT2D eigenvalue weighted by atomic mass is 35.5. The largest absolute Gasteiger partial charge is 0.486 e. The molecule has 0 aromatic heterocycles. The van der Waals surface area contributed by atoms with E-state index in [2.05, 4.69) is 17.1 Å². The standard InChI is InChI=1S/C21H29ClN2O4/c1-2-3-24-11-14-6-17(18(25)7-15(14)12-24)23-21(26)9-13-8-19-20(10-16(13)22)28-5-4-27-19/h8,10,14-15,17-18,25H,2-7,9,11-12H2,1H3,(H,23,26)/t14-,15+,17-,18-/m0/s1. The molecule has 1 saturated carbocycles. The lowest BCUT2D eigenvalue weighted by atomic mass is 9.77. The average molecular weight is 409 g/mol. The number of ether oxygens (including phenoxy) is 2. The number of halogens is 1. The van der Waals surface area contributed by atoms with Crippen molar-refractivity contribution >= 4 is 17.5 Å². The summed E-state index contributed by atoms with van der Waals surface area (Å²) in [7, 11) is 0. The van der Waals surface area contributed by atoms with Crippen molar-refractivity contribution in [3.63, 3.8) is 0 Å². The van der Waals surface area contributed by atoms with Crippen molar-refractivity contribution in [3.8, 4) is 11.5 Å². The van der Waals surface area contributed by atoms with Crippen molar-refractivity contribution in [1.29, 1.82) is 0 Å². The molecule has 0 unspecified atom stereocenters. The fraction of sp³-hybridized carbons (Fsp3) is 0.667. The first-order valence-electron chi connectivity index (χ1n) is 10.3. The maximum Gasteiger partial charge on any atom is 0.224 e. The van der Waals surface area contributed by atoms with Crippen LogP contribution in [-0.2, 0) is 11.2 Å². The summed E-state index contributed by atoms with van der Waals surface area (Å²) in [6.45, 7) is 6.45. The normalized spacial score (nSPS) is 29.4. The van der Waals surface area contributed by atoms with Gasteiger partial charge in [-0.15, -0.1) is 0 Å². The molecule has 28 heavy (non-hydrogen) atoms. The smallest absolute Gasteiger partial charge is 0.224 e. The number of hydrogen-bond acceptors (Lipinski definition) is 5. The molecule has 2 aliphatic heterocycles. The van der Waals surface area contributed by atoms with Crippen LogP contribution in [0.25, 0.3) is 0 Å². The number of amides is 1. The van der Waals surface area contributed by atoms with Crippen LogP contribution in [0.4, 0.5) is 0 Å². The van der Waals surface area contributed by atoms with Gasteiger partial charge in [-0.2, -0.15) is 0 Å². The van der Waals surface area contributed by atoms with Crippen LogP contribution in [0.3, 0.4) is 0 Å². The van der Waals surface area contributed by atoms with Crippen molar-refractivity contribution in [2.75, 3.05) is 32.8 Å². The number of nitrogens with one attached hydrogen (secondary N) is 1. The van der Waals surface area contributed by atoms with Crippen molar-refractivity contribution in [2.45, 2.75) is 44.8 Å². The minimum atomic E-state index is -0.484. The molecule has 2 N–H and O–H groups in total. The summed E-state index contributed by atoms with van der Waals surface area (Å²) >= 11 is 6.32. The van der Waals surface area contributed by atoms with E-state index in [1.54, 1.807) is 12.1 Å². The van der Waals surface area contributed by atoms with Crippen LogP contribution in [0.5, 0.6) is 11.5 Å². The SMILES string of the molecule is CCCN1C[C@H]2C[C@H](O)[C@@H](NC(=O)Cc3cc4c(cc3Cl)OCCO4)C[C@H]2C1. The average Bonchev–Trinajstić information content (AvgIpc) is 3.04. The Morgan fingerprint density at radius 2 is 1.89 bits per heavy atom. The predicted molar refractivity (Wildman–Crippen MR) is 107 cm³/mol. The summed E-state index contributed by atoms with van der Waals surface area (Å²) in [5.41, 5.74) is 0.710. The van der Waals surface area contributed by atoms with Gasteiger partial charge in [0.25, 0.3) is 0 Å². The Hall–Kier alpha value is -1.50. The van der Waals surface area contributed by atoms with Crippen molar-refractivity contribution in [2.24, 2.45) is 11.8 Å². The van der Waals surface area contributed by atoms with Crippen molar-refractivity contribution in [1.82, 2.24) is 10.2 Å². The second-order valence-corrected chi connectivity index (χ2v) is 8.66. The molecule has 0 bridgehead atoms. The maximum absolute atomic E-state index is 12.6. The zero-order chi connectivity index (χ0) is 19.7. The van der Waals surface area contributed by atoms with Gasteiger partial charge in [0.15, 0.2) is 11.5 Å². The van der Waals surface area contributed by atoms with Gasteiger partial charge in [0.1, 0.15) is 13.2 Å². The second-order valence-electron chi connectivity index (χ2n) is 8.26. The highest BCUT2D eigenvalue weighted by Crippen LogP contribution is 2.37. The third-order valence-corrected chi connectivity index (χ3v) is 6.52. The topological polar surface area (TPSA) is 71.0 Å². The van der Waals surface area contributed by atoms with Gasteiger partial charge in [-0.05, 0) is 49.3 Å². The highest BCUT2D eigenvalue weighted by Gasteiger charge is 2.41. The first-order valence-corrected chi connectivity index (χ1v) is 10.7. The molecule has 4 atom stereocenters. The lowest BCUT2D eigenvalue weighted by Gasteiger charge is -2.35. The van der Waals surface area contributed by atoms with E-state index in [9.17, 15) is 9.90 Å². The Morgan fingerprint density at radius 1 is 1.21 bits per heavy atom. The molecule has 2 fully saturated rings. The first-order chi connectivity index (χ1) is 13.5. The van der Waals surface area contributed by atoms with Crippen LogP contribution >= 0.6 is 11.6 Å². The lowest BCUT2D eigenvalue weighted by Crippen LogP contribution is -2.49. The molecule has 154 valence electrons. The third kappa shape index (κ3) is 4.24. The van der Waals surface area contributed by atoms with Gasteiger partial charge in [-0.3, -0.25) is 4.79 Å². The number of carbonyl (C=O) groups excluding carboxylic acids is 1. The predicted octanol–water partition coefficient (Wildman–Crippen LogP) is 2.25. The lowest BCUT2D eigenvalue weighted by molar-refractivity contribution is -0.122. The monoisotopic (exact) mass is 408 g/mol. The summed E-state index contributed by atoms with van der Waals surface area (Å²) in [5, 5.41) is 14.1. The third-order valence-electron chi connectivity index (χ3n) is 6.17. The molecule has 1 saturated heterocycles. The Morgan fingerprint density at radius 3 is 2.61 bits per heavy atom. The number of aliphatic hydroxyl groups is 1. The highest BCUT2D eigenvalue weighted by molar-refractivity contribution is 6.31. The number of carbonyl (C=O) groups is 1. The molecule has 4 rings (SSSR count). The number of nitrogens with zero attached hydrogens (tertiary/aromatic N) is 1. The van der Waals surface area contributed by atoms with Gasteiger partial charge >= 0.3 is 0 Å². The molecule has 1 amide bonds. The van der Waals surface area contributed by atoms with Gasteiger partial charge in [0.05, 0.1) is 18.6 Å². The molecule has 0 spiro atoms. The van der Waals surface area contributed by atoms with E-state index in [4.69, 9.17) is 21.1 Å². The molecule has 1 aromatic rings. The Balaban J connectivity index is 1.36. The van der Waals surface area contributed by atoms with Crippen LogP contribution in [-0.4, -0.2) is 60.9 Å². The Bertz CT molecular complexity index is 729. The van der Waals surface area contributed by atoms with E-state index in [0.717, 1.165) is 38.9 Å². The number of aliphatic hydroxyl groups excluding tert-OH is 1. The zero-order valence-electron chi connectivity index (χ0n) is 16.3. The number of hydrogen-bond donors (Lipinski definition) is 2. The van der Waals surface area contributed by atoms with Crippen molar-refractivity contribution in [3.05, 3.63) is 22.7 Å². The minimum Gasteiger partial charge on any atom is -0.486 e. The molecule has 1 aromatic carbocycles. The fourth-order valence-electron chi connectivity index (χ4n) is 4.85. The molecule has 3 aliphatic rings. The quantitative estimate of drug-likeness (QED) is 0.782. The van der Waals surface area contributed by atoms with Crippen LogP contribution in [0.15, 0.2) is 12.1 Å². The molecule has 6 nitrogen and oxygen atoms in total. The fourth-order valence-corrected chi connectivity index (χ4v) is 5.07. The van der Waals surface area contributed by atoms with Crippen LogP contribution in [0.2, 0.25) is 5.02 Å². The van der Waals surface area contributed by atoms with Crippen LogP contribution < -0.4 is 14.8 Å². The van der Waals surface area contributed by atoms with E-state index < -0.39 is 6.10 Å². The molecule has 0 radical (unpaired) electrons. The van der Waals surface area contributed by atoms with E-state index in [0.29, 0.717) is 47.1 Å². The number of fused-ring (bicyclic) bond motifs is 2. The molecule has 7 heteroatoms. The van der Waals surface area contributed by atoms with Gasteiger partial charge in [0.2, 0.25) is 5.91 Å².